The van der Waals surface area contributed by atoms with Gasteiger partial charge in [0, 0.05) is 12.0 Å². The Labute approximate surface area is 167 Å². The van der Waals surface area contributed by atoms with E-state index in [1.54, 1.807) is 36.4 Å². The summed E-state index contributed by atoms with van der Waals surface area (Å²) in [6, 6.07) is 16.1. The number of hydrogen-bond donors (Lipinski definition) is 0. The molecule has 1 aliphatic heterocycles. The molecule has 1 aliphatic rings. The first-order chi connectivity index (χ1) is 13.9. The fourth-order valence-corrected chi connectivity index (χ4v) is 3.35. The highest BCUT2D eigenvalue weighted by molar-refractivity contribution is 6.20. The van der Waals surface area contributed by atoms with Gasteiger partial charge in [-0.05, 0) is 12.5 Å². The van der Waals surface area contributed by atoms with Gasteiger partial charge in [0.15, 0.2) is 0 Å². The molecule has 2 aromatic carbocycles. The minimum Gasteiger partial charge on any atom is -0.463 e. The lowest BCUT2D eigenvalue weighted by atomic mass is 9.81. The number of hydrogen-bond acceptors (Lipinski definition) is 5. The topological polar surface area (TPSA) is 80.8 Å². The molecule has 0 N–H and O–H groups in total. The zero-order valence-electron chi connectivity index (χ0n) is 15.8. The molecule has 0 unspecified atom stereocenters. The van der Waals surface area contributed by atoms with Crippen LogP contribution in [0.2, 0.25) is 0 Å². The Hall–Kier alpha value is -3.35. The summed E-state index contributed by atoms with van der Waals surface area (Å²) in [5.41, 5.74) is -2.69. The molecule has 0 aromatic heterocycles. The van der Waals surface area contributed by atoms with E-state index >= 15 is 4.39 Å². The minimum absolute atomic E-state index is 0.0621. The first-order valence-corrected chi connectivity index (χ1v) is 9.23. The highest BCUT2D eigenvalue weighted by atomic mass is 19.1. The summed E-state index contributed by atoms with van der Waals surface area (Å²) in [7, 11) is 0. The lowest BCUT2D eigenvalue weighted by Gasteiger charge is -2.26. The predicted octanol–water partition coefficient (Wildman–Crippen LogP) is 2.72. The molecular formula is C22H20FNO5. The number of carbonyl (C=O) groups is 4. The molecule has 1 heterocycles. The summed E-state index contributed by atoms with van der Waals surface area (Å²) in [5, 5.41) is 0. The maximum atomic E-state index is 16.1. The quantitative estimate of drug-likeness (QED) is 0.311. The van der Waals surface area contributed by atoms with Gasteiger partial charge in [-0.1, -0.05) is 60.7 Å². The van der Waals surface area contributed by atoms with Gasteiger partial charge in [0.05, 0.1) is 13.2 Å². The molecule has 2 aromatic rings. The number of likely N-dealkylation sites (tertiary alicyclic amines) is 1. The molecule has 0 radical (unpaired) electrons. The van der Waals surface area contributed by atoms with E-state index < -0.39 is 41.6 Å². The zero-order valence-corrected chi connectivity index (χ0v) is 15.8. The van der Waals surface area contributed by atoms with E-state index in [9.17, 15) is 19.2 Å². The van der Waals surface area contributed by atoms with Crippen LogP contribution in [0.15, 0.2) is 60.7 Å². The van der Waals surface area contributed by atoms with Crippen LogP contribution in [-0.2, 0) is 25.7 Å². The van der Waals surface area contributed by atoms with Gasteiger partial charge in [-0.3, -0.25) is 19.3 Å². The van der Waals surface area contributed by atoms with E-state index in [4.69, 9.17) is 4.74 Å². The second-order valence-corrected chi connectivity index (χ2v) is 6.69. The Bertz CT molecular complexity index is 931. The molecule has 2 amide bonds. The Morgan fingerprint density at radius 2 is 1.66 bits per heavy atom. The maximum Gasteiger partial charge on any atom is 0.353 e. The van der Waals surface area contributed by atoms with Crippen LogP contribution in [0.4, 0.5) is 4.39 Å². The smallest absolute Gasteiger partial charge is 0.353 e. The van der Waals surface area contributed by atoms with E-state index in [0.29, 0.717) is 5.56 Å². The van der Waals surface area contributed by atoms with Crippen molar-refractivity contribution in [3.05, 3.63) is 71.8 Å². The molecule has 7 heteroatoms. The second-order valence-electron chi connectivity index (χ2n) is 6.69. The summed E-state index contributed by atoms with van der Waals surface area (Å²) in [6.07, 6.45) is -0.584. The normalized spacial score (nSPS) is 18.4. The van der Waals surface area contributed by atoms with Crippen LogP contribution in [0, 0.1) is 5.92 Å². The standard InChI is InChI=1S/C22H20FNO5/c1-2-29-21(28)22(23,19(26)16-11-7-4-8-12-16)17-13-18(25)24(20(17)27)14-15-9-5-3-6-10-15/h3-12,17H,2,13-14H2,1H3/t17-,22-/m1/s1. The van der Waals surface area contributed by atoms with Gasteiger partial charge < -0.3 is 4.74 Å². The largest absolute Gasteiger partial charge is 0.463 e. The molecule has 2 atom stereocenters. The number of rotatable bonds is 7. The van der Waals surface area contributed by atoms with Gasteiger partial charge in [-0.2, -0.15) is 0 Å². The van der Waals surface area contributed by atoms with Crippen molar-refractivity contribution in [2.24, 2.45) is 5.92 Å². The zero-order chi connectivity index (χ0) is 21.0. The number of carbonyl (C=O) groups excluding carboxylic acids is 4. The van der Waals surface area contributed by atoms with Gasteiger partial charge in [-0.25, -0.2) is 9.18 Å². The monoisotopic (exact) mass is 397 g/mol. The van der Waals surface area contributed by atoms with E-state index in [1.165, 1.54) is 31.2 Å². The van der Waals surface area contributed by atoms with Crippen LogP contribution < -0.4 is 0 Å². The second kappa shape index (κ2) is 8.34. The van der Waals surface area contributed by atoms with Gasteiger partial charge in [0.1, 0.15) is 5.92 Å². The summed E-state index contributed by atoms with van der Waals surface area (Å²) in [5.74, 6) is -5.97. The third-order valence-corrected chi connectivity index (χ3v) is 4.85. The fourth-order valence-electron chi connectivity index (χ4n) is 3.35. The number of halogens is 1. The lowest BCUT2D eigenvalue weighted by Crippen LogP contribution is -2.52. The number of ether oxygens (including phenoxy) is 1. The van der Waals surface area contributed by atoms with Crippen LogP contribution >= 0.6 is 0 Å². The molecule has 0 saturated carbocycles. The highest BCUT2D eigenvalue weighted by Gasteiger charge is 2.62. The first kappa shape index (κ1) is 20.4. The van der Waals surface area contributed by atoms with E-state index in [0.717, 1.165) is 4.90 Å². The SMILES string of the molecule is CCOC(=O)[C@](F)(C(=O)c1ccccc1)[C@@H]1CC(=O)N(Cc2ccccc2)C1=O. The summed E-state index contributed by atoms with van der Waals surface area (Å²) >= 11 is 0. The Morgan fingerprint density at radius 3 is 2.24 bits per heavy atom. The predicted molar refractivity (Wildman–Crippen MR) is 101 cm³/mol. The molecule has 1 fully saturated rings. The number of esters is 1. The number of amides is 2. The molecular weight excluding hydrogens is 377 g/mol. The third-order valence-electron chi connectivity index (χ3n) is 4.85. The van der Waals surface area contributed by atoms with Crippen molar-refractivity contribution in [2.75, 3.05) is 6.61 Å². The molecule has 0 spiro atoms. The average Bonchev–Trinajstić information content (AvgIpc) is 3.03. The molecule has 150 valence electrons. The summed E-state index contributed by atoms with van der Waals surface area (Å²) < 4.78 is 20.9. The third kappa shape index (κ3) is 3.81. The molecule has 0 aliphatic carbocycles. The van der Waals surface area contributed by atoms with Crippen molar-refractivity contribution >= 4 is 23.6 Å². The number of Topliss-reactive ketones (excluding diaryl/α,β-unsaturated/α-hetero) is 1. The van der Waals surface area contributed by atoms with Crippen molar-refractivity contribution < 1.29 is 28.3 Å². The number of ketones is 1. The first-order valence-electron chi connectivity index (χ1n) is 9.23. The Kier molecular flexibility index (Phi) is 5.87. The number of alkyl halides is 1. The molecule has 29 heavy (non-hydrogen) atoms. The highest BCUT2D eigenvalue weighted by Crippen LogP contribution is 2.37. The molecule has 3 rings (SSSR count). The lowest BCUT2D eigenvalue weighted by molar-refractivity contribution is -0.160. The Morgan fingerprint density at radius 1 is 1.07 bits per heavy atom. The maximum absolute atomic E-state index is 16.1. The van der Waals surface area contributed by atoms with Crippen molar-refractivity contribution in [2.45, 2.75) is 25.6 Å². The van der Waals surface area contributed by atoms with Crippen molar-refractivity contribution in [3.8, 4) is 0 Å². The van der Waals surface area contributed by atoms with Crippen molar-refractivity contribution in [3.63, 3.8) is 0 Å². The summed E-state index contributed by atoms with van der Waals surface area (Å²) in [4.78, 5) is 51.7. The van der Waals surface area contributed by atoms with Gasteiger partial charge >= 0.3 is 5.97 Å². The Balaban J connectivity index is 1.96. The van der Waals surface area contributed by atoms with Crippen LogP contribution in [-0.4, -0.2) is 40.7 Å². The van der Waals surface area contributed by atoms with E-state index in [1.807, 2.05) is 0 Å². The van der Waals surface area contributed by atoms with Gasteiger partial charge in [0.25, 0.3) is 5.67 Å². The number of nitrogens with zero attached hydrogens (tertiary/aromatic N) is 1. The van der Waals surface area contributed by atoms with Crippen LogP contribution in [0.25, 0.3) is 0 Å². The average molecular weight is 397 g/mol. The van der Waals surface area contributed by atoms with Gasteiger partial charge in [0.2, 0.25) is 17.6 Å². The van der Waals surface area contributed by atoms with Crippen LogP contribution in [0.5, 0.6) is 0 Å². The molecule has 0 bridgehead atoms. The number of benzene rings is 2. The van der Waals surface area contributed by atoms with Crippen molar-refractivity contribution in [1.82, 2.24) is 4.90 Å². The molecule has 1 saturated heterocycles. The number of imide groups is 1. The fraction of sp³-hybridized carbons (Fsp3) is 0.273. The minimum atomic E-state index is -3.28. The molecule has 6 nitrogen and oxygen atoms in total. The summed E-state index contributed by atoms with van der Waals surface area (Å²) in [6.45, 7) is 1.23. The van der Waals surface area contributed by atoms with Crippen molar-refractivity contribution in [1.29, 1.82) is 0 Å². The van der Waals surface area contributed by atoms with E-state index in [2.05, 4.69) is 0 Å². The van der Waals surface area contributed by atoms with Crippen LogP contribution in [0.3, 0.4) is 0 Å². The van der Waals surface area contributed by atoms with Gasteiger partial charge in [-0.15, -0.1) is 0 Å². The van der Waals surface area contributed by atoms with Crippen LogP contribution in [0.1, 0.15) is 29.3 Å². The van der Waals surface area contributed by atoms with E-state index in [-0.39, 0.29) is 18.7 Å².